The van der Waals surface area contributed by atoms with E-state index in [0.717, 1.165) is 18.9 Å². The number of likely N-dealkylation sites (N-methyl/N-ethyl adjacent to an activating group) is 1. The molecule has 0 aliphatic rings. The minimum absolute atomic E-state index is 0.562. The van der Waals surface area contributed by atoms with E-state index in [1.807, 2.05) is 18.2 Å². The van der Waals surface area contributed by atoms with Gasteiger partial charge in [0, 0.05) is 19.1 Å². The monoisotopic (exact) mass is 223 g/mol. The second-order valence-electron chi connectivity index (χ2n) is 4.05. The summed E-state index contributed by atoms with van der Waals surface area (Å²) in [7, 11) is 2.11. The molecule has 0 fully saturated rings. The van der Waals surface area contributed by atoms with E-state index >= 15 is 0 Å². The van der Waals surface area contributed by atoms with Crippen LogP contribution in [0, 0.1) is 0 Å². The lowest BCUT2D eigenvalue weighted by Crippen LogP contribution is -2.31. The van der Waals surface area contributed by atoms with E-state index in [1.54, 1.807) is 0 Å². The van der Waals surface area contributed by atoms with Gasteiger partial charge in [0.25, 0.3) is 0 Å². The highest BCUT2D eigenvalue weighted by Gasteiger charge is 2.02. The number of hydrogen-bond acceptors (Lipinski definition) is 5. The highest BCUT2D eigenvalue weighted by atomic mass is 15.3. The van der Waals surface area contributed by atoms with Crippen molar-refractivity contribution >= 4 is 11.6 Å². The summed E-state index contributed by atoms with van der Waals surface area (Å²) in [4.78, 5) is 6.54. The van der Waals surface area contributed by atoms with Gasteiger partial charge in [-0.1, -0.05) is 6.07 Å². The number of hydrazine groups is 1. The molecule has 0 atom stereocenters. The number of rotatable bonds is 6. The van der Waals surface area contributed by atoms with Gasteiger partial charge in [-0.25, -0.2) is 10.8 Å². The molecule has 0 saturated carbocycles. The first-order valence-electron chi connectivity index (χ1n) is 5.51. The van der Waals surface area contributed by atoms with Gasteiger partial charge in [-0.2, -0.15) is 0 Å². The molecule has 4 N–H and O–H groups in total. The first-order chi connectivity index (χ1) is 7.63. The minimum Gasteiger partial charge on any atom is -0.369 e. The Morgan fingerprint density at radius 3 is 2.69 bits per heavy atom. The van der Waals surface area contributed by atoms with E-state index in [9.17, 15) is 0 Å². The lowest BCUT2D eigenvalue weighted by Gasteiger charge is -2.21. The molecule has 0 aromatic carbocycles. The Morgan fingerprint density at radius 2 is 2.06 bits per heavy atom. The van der Waals surface area contributed by atoms with Crippen molar-refractivity contribution in [1.29, 1.82) is 0 Å². The second kappa shape index (κ2) is 6.30. The Morgan fingerprint density at radius 1 is 1.38 bits per heavy atom. The van der Waals surface area contributed by atoms with Gasteiger partial charge in [0.15, 0.2) is 0 Å². The molecule has 1 heterocycles. The number of nitrogens with two attached hydrogens (primary N) is 1. The smallest absolute Gasteiger partial charge is 0.142 e. The third-order valence-electron chi connectivity index (χ3n) is 2.55. The number of aromatic nitrogens is 1. The lowest BCUT2D eigenvalue weighted by molar-refractivity contribution is 0.284. The molecule has 1 aromatic rings. The quantitative estimate of drug-likeness (QED) is 0.498. The van der Waals surface area contributed by atoms with Crippen molar-refractivity contribution < 1.29 is 0 Å². The van der Waals surface area contributed by atoms with Gasteiger partial charge in [-0.3, -0.25) is 0 Å². The summed E-state index contributed by atoms with van der Waals surface area (Å²) in [5.41, 5.74) is 2.52. The van der Waals surface area contributed by atoms with Gasteiger partial charge in [0.2, 0.25) is 0 Å². The number of nitrogen functional groups attached to an aromatic ring is 1. The van der Waals surface area contributed by atoms with Crippen LogP contribution in [-0.4, -0.2) is 36.1 Å². The van der Waals surface area contributed by atoms with E-state index < -0.39 is 0 Å². The van der Waals surface area contributed by atoms with E-state index in [-0.39, 0.29) is 0 Å². The predicted molar refractivity (Wildman–Crippen MR) is 68.3 cm³/mol. The second-order valence-corrected chi connectivity index (χ2v) is 4.05. The fraction of sp³-hybridized carbons (Fsp3) is 0.545. The van der Waals surface area contributed by atoms with E-state index in [1.165, 1.54) is 0 Å². The van der Waals surface area contributed by atoms with Crippen LogP contribution in [0.25, 0.3) is 0 Å². The van der Waals surface area contributed by atoms with Crippen LogP contribution in [0.2, 0.25) is 0 Å². The summed E-state index contributed by atoms with van der Waals surface area (Å²) in [6.45, 7) is 6.21. The average Bonchev–Trinajstić information content (AvgIpc) is 2.29. The number of hydrogen-bond donors (Lipinski definition) is 3. The van der Waals surface area contributed by atoms with Crippen LogP contribution in [-0.2, 0) is 0 Å². The number of anilines is 2. The molecule has 0 amide bonds. The molecule has 1 aromatic heterocycles. The van der Waals surface area contributed by atoms with Crippen LogP contribution in [0.15, 0.2) is 18.2 Å². The summed E-state index contributed by atoms with van der Waals surface area (Å²) < 4.78 is 0. The van der Waals surface area contributed by atoms with Gasteiger partial charge in [-0.05, 0) is 33.0 Å². The van der Waals surface area contributed by atoms with Crippen molar-refractivity contribution in [1.82, 2.24) is 9.88 Å². The fourth-order valence-corrected chi connectivity index (χ4v) is 1.23. The molecule has 5 heteroatoms. The number of nitrogens with one attached hydrogen (secondary N) is 2. The molecule has 90 valence electrons. The number of nitrogens with zero attached hydrogens (tertiary/aromatic N) is 2. The molecular weight excluding hydrogens is 202 g/mol. The van der Waals surface area contributed by atoms with Gasteiger partial charge < -0.3 is 15.6 Å². The van der Waals surface area contributed by atoms with Gasteiger partial charge in [0.05, 0.1) is 0 Å². The van der Waals surface area contributed by atoms with Crippen molar-refractivity contribution in [2.45, 2.75) is 19.9 Å². The van der Waals surface area contributed by atoms with Crippen LogP contribution in [0.1, 0.15) is 13.8 Å². The highest BCUT2D eigenvalue weighted by molar-refractivity contribution is 5.44. The van der Waals surface area contributed by atoms with Crippen LogP contribution in [0.3, 0.4) is 0 Å². The Kier molecular flexibility index (Phi) is 5.01. The third kappa shape index (κ3) is 4.04. The van der Waals surface area contributed by atoms with Gasteiger partial charge in [-0.15, -0.1) is 0 Å². The molecule has 0 unspecified atom stereocenters. The summed E-state index contributed by atoms with van der Waals surface area (Å²) >= 11 is 0. The first-order valence-corrected chi connectivity index (χ1v) is 5.51. The highest BCUT2D eigenvalue weighted by Crippen LogP contribution is 2.07. The average molecular weight is 223 g/mol. The first kappa shape index (κ1) is 12.7. The summed E-state index contributed by atoms with van der Waals surface area (Å²) in [6.07, 6.45) is 0. The maximum absolute atomic E-state index is 5.29. The standard InChI is InChI=1S/C11H21N5/c1-9(2)16(3)8-7-13-10-5-4-6-11(14-10)15-12/h4-6,9H,7-8,12H2,1-3H3,(H2,13,14,15). The molecule has 0 radical (unpaired) electrons. The maximum atomic E-state index is 5.29. The Bertz CT molecular complexity index is 313. The SMILES string of the molecule is CC(C)N(C)CCNc1cccc(NN)n1. The van der Waals surface area contributed by atoms with Gasteiger partial charge >= 0.3 is 0 Å². The normalized spacial score (nSPS) is 10.9. The van der Waals surface area contributed by atoms with Crippen LogP contribution < -0.4 is 16.6 Å². The van der Waals surface area contributed by atoms with Crippen molar-refractivity contribution in [3.8, 4) is 0 Å². The molecule has 1 rings (SSSR count). The zero-order valence-corrected chi connectivity index (χ0v) is 10.2. The molecule has 5 nitrogen and oxygen atoms in total. The lowest BCUT2D eigenvalue weighted by atomic mass is 10.3. The summed E-state index contributed by atoms with van der Waals surface area (Å²) in [5, 5.41) is 3.26. The fourth-order valence-electron chi connectivity index (χ4n) is 1.23. The van der Waals surface area contributed by atoms with Crippen LogP contribution in [0.4, 0.5) is 11.6 Å². The summed E-state index contributed by atoms with van der Waals surface area (Å²) in [5.74, 6) is 6.80. The van der Waals surface area contributed by atoms with E-state index in [0.29, 0.717) is 11.9 Å². The molecule has 0 spiro atoms. The number of pyridine rings is 1. The van der Waals surface area contributed by atoms with Crippen molar-refractivity contribution in [3.63, 3.8) is 0 Å². The predicted octanol–water partition coefficient (Wildman–Crippen LogP) is 1.12. The van der Waals surface area contributed by atoms with Crippen LogP contribution >= 0.6 is 0 Å². The molecular formula is C11H21N5. The Labute approximate surface area is 97.0 Å². The molecule has 0 aliphatic heterocycles. The van der Waals surface area contributed by atoms with Crippen molar-refractivity contribution in [3.05, 3.63) is 18.2 Å². The van der Waals surface area contributed by atoms with Crippen molar-refractivity contribution in [2.24, 2.45) is 5.84 Å². The van der Waals surface area contributed by atoms with E-state index in [4.69, 9.17) is 5.84 Å². The zero-order valence-electron chi connectivity index (χ0n) is 10.2. The zero-order chi connectivity index (χ0) is 12.0. The molecule has 0 bridgehead atoms. The van der Waals surface area contributed by atoms with Crippen LogP contribution in [0.5, 0.6) is 0 Å². The Hall–Kier alpha value is -1.33. The Balaban J connectivity index is 2.37. The van der Waals surface area contributed by atoms with Crippen molar-refractivity contribution in [2.75, 3.05) is 30.9 Å². The summed E-state index contributed by atoms with van der Waals surface area (Å²) in [6, 6.07) is 6.23. The molecule has 0 saturated heterocycles. The molecule has 0 aliphatic carbocycles. The van der Waals surface area contributed by atoms with Gasteiger partial charge in [0.1, 0.15) is 11.6 Å². The maximum Gasteiger partial charge on any atom is 0.142 e. The third-order valence-corrected chi connectivity index (χ3v) is 2.55. The minimum atomic E-state index is 0.562. The topological polar surface area (TPSA) is 66.2 Å². The molecule has 16 heavy (non-hydrogen) atoms. The van der Waals surface area contributed by atoms with E-state index in [2.05, 4.69) is 41.5 Å². The largest absolute Gasteiger partial charge is 0.369 e.